The van der Waals surface area contributed by atoms with Crippen LogP contribution in [0.5, 0.6) is 0 Å². The molecular formula is C19H17BrN4OS. The van der Waals surface area contributed by atoms with E-state index in [1.54, 1.807) is 4.90 Å². The number of hydrogen-bond acceptors (Lipinski definition) is 5. The number of nitrogens with zero attached hydrogens (tertiary/aromatic N) is 4. The van der Waals surface area contributed by atoms with Crippen molar-refractivity contribution < 1.29 is 4.79 Å². The first kappa shape index (κ1) is 17.3. The van der Waals surface area contributed by atoms with Crippen LogP contribution in [-0.4, -0.2) is 41.8 Å². The van der Waals surface area contributed by atoms with Gasteiger partial charge >= 0.3 is 0 Å². The molecule has 0 bridgehead atoms. The van der Waals surface area contributed by atoms with E-state index < -0.39 is 0 Å². The highest BCUT2D eigenvalue weighted by Crippen LogP contribution is 2.31. The maximum Gasteiger partial charge on any atom is 0.238 e. The van der Waals surface area contributed by atoms with E-state index in [-0.39, 0.29) is 5.91 Å². The number of para-hydroxylation sites is 2. The molecule has 0 aliphatic carbocycles. The Morgan fingerprint density at radius 2 is 1.69 bits per heavy atom. The number of thioether (sulfide) groups is 1. The van der Waals surface area contributed by atoms with Gasteiger partial charge in [0, 0.05) is 29.5 Å². The smallest absolute Gasteiger partial charge is 0.238 e. The molecule has 0 atom stereocenters. The zero-order valence-corrected chi connectivity index (χ0v) is 16.6. The third-order valence-electron chi connectivity index (χ3n) is 4.29. The van der Waals surface area contributed by atoms with Gasteiger partial charge in [-0.2, -0.15) is 0 Å². The fourth-order valence-corrected chi connectivity index (χ4v) is 3.92. The first-order chi connectivity index (χ1) is 12.6. The molecule has 3 aromatic rings. The van der Waals surface area contributed by atoms with Gasteiger partial charge in [0.2, 0.25) is 5.91 Å². The van der Waals surface area contributed by atoms with Crippen LogP contribution < -0.4 is 9.80 Å². The van der Waals surface area contributed by atoms with E-state index in [2.05, 4.69) is 20.8 Å². The van der Waals surface area contributed by atoms with E-state index in [0.29, 0.717) is 18.1 Å². The molecule has 1 aliphatic heterocycles. The second-order valence-electron chi connectivity index (χ2n) is 6.07. The summed E-state index contributed by atoms with van der Waals surface area (Å²) in [6.07, 6.45) is 0. The van der Waals surface area contributed by atoms with E-state index in [1.165, 1.54) is 11.8 Å². The van der Waals surface area contributed by atoms with Crippen LogP contribution in [0.2, 0.25) is 0 Å². The molecule has 0 fully saturated rings. The van der Waals surface area contributed by atoms with Crippen LogP contribution in [0.15, 0.2) is 57.9 Å². The molecule has 0 saturated carbocycles. The molecule has 0 saturated heterocycles. The molecule has 5 nitrogen and oxygen atoms in total. The summed E-state index contributed by atoms with van der Waals surface area (Å²) in [5.74, 6) is 1.84. The number of carbonyl (C=O) groups is 1. The van der Waals surface area contributed by atoms with Crippen LogP contribution in [0.3, 0.4) is 0 Å². The monoisotopic (exact) mass is 428 g/mol. The number of hydrogen-bond donors (Lipinski definition) is 0. The average Bonchev–Trinajstić information content (AvgIpc) is 2.66. The van der Waals surface area contributed by atoms with Crippen LogP contribution in [0.4, 0.5) is 11.6 Å². The molecule has 4 rings (SSSR count). The van der Waals surface area contributed by atoms with Crippen molar-refractivity contribution in [3.05, 3.63) is 53.0 Å². The number of carbonyl (C=O) groups excluding carboxylic acids is 1. The topological polar surface area (TPSA) is 49.3 Å². The maximum atomic E-state index is 12.9. The molecule has 26 heavy (non-hydrogen) atoms. The number of rotatable bonds is 3. The third kappa shape index (κ3) is 3.41. The van der Waals surface area contributed by atoms with E-state index >= 15 is 0 Å². The summed E-state index contributed by atoms with van der Waals surface area (Å²) in [4.78, 5) is 27.2. The Balaban J connectivity index is 1.59. The van der Waals surface area contributed by atoms with Crippen LogP contribution in [-0.2, 0) is 4.79 Å². The Bertz CT molecular complexity index is 963. The molecule has 0 N–H and O–H groups in total. The quantitative estimate of drug-likeness (QED) is 0.590. The van der Waals surface area contributed by atoms with Gasteiger partial charge in [-0.3, -0.25) is 9.69 Å². The van der Waals surface area contributed by atoms with Gasteiger partial charge in [-0.15, -0.1) is 11.8 Å². The van der Waals surface area contributed by atoms with E-state index in [9.17, 15) is 4.79 Å². The predicted molar refractivity (Wildman–Crippen MR) is 110 cm³/mol. The number of benzene rings is 2. The van der Waals surface area contributed by atoms with E-state index in [4.69, 9.17) is 9.97 Å². The Hall–Kier alpha value is -2.12. The summed E-state index contributed by atoms with van der Waals surface area (Å²) >= 11 is 4.96. The number of likely N-dealkylation sites (N-methyl/N-ethyl adjacent to an activating group) is 1. The lowest BCUT2D eigenvalue weighted by atomic mass is 10.2. The third-order valence-corrected chi connectivity index (χ3v) is 5.81. The van der Waals surface area contributed by atoms with Gasteiger partial charge in [-0.1, -0.05) is 28.1 Å². The van der Waals surface area contributed by atoms with Gasteiger partial charge in [0.05, 0.1) is 16.8 Å². The zero-order chi connectivity index (χ0) is 18.1. The number of anilines is 2. The molecule has 132 valence electrons. The van der Waals surface area contributed by atoms with Crippen molar-refractivity contribution in [2.45, 2.75) is 4.90 Å². The minimum Gasteiger partial charge on any atom is -0.355 e. The molecule has 0 spiro atoms. The first-order valence-electron chi connectivity index (χ1n) is 8.28. The fraction of sp³-hybridized carbons (Fsp3) is 0.211. The van der Waals surface area contributed by atoms with Crippen LogP contribution >= 0.6 is 27.7 Å². The zero-order valence-electron chi connectivity index (χ0n) is 14.2. The molecule has 0 unspecified atom stereocenters. The number of aromatic nitrogens is 2. The molecular weight excluding hydrogens is 412 g/mol. The van der Waals surface area contributed by atoms with Crippen molar-refractivity contribution >= 4 is 56.3 Å². The van der Waals surface area contributed by atoms with Gasteiger partial charge in [-0.25, -0.2) is 9.97 Å². The second-order valence-corrected chi connectivity index (χ2v) is 8.03. The lowest BCUT2D eigenvalue weighted by Gasteiger charge is -2.33. The summed E-state index contributed by atoms with van der Waals surface area (Å²) in [5, 5.41) is 0. The summed E-state index contributed by atoms with van der Waals surface area (Å²) in [7, 11) is 1.99. The molecule has 2 aromatic carbocycles. The Morgan fingerprint density at radius 1 is 1.04 bits per heavy atom. The number of fused-ring (bicyclic) bond motifs is 2. The highest BCUT2D eigenvalue weighted by Gasteiger charge is 2.28. The van der Waals surface area contributed by atoms with Crippen LogP contribution in [0.1, 0.15) is 0 Å². The molecule has 7 heteroatoms. The lowest BCUT2D eigenvalue weighted by Crippen LogP contribution is -2.44. The highest BCUT2D eigenvalue weighted by molar-refractivity contribution is 9.10. The molecule has 1 amide bonds. The summed E-state index contributed by atoms with van der Waals surface area (Å²) in [6, 6.07) is 15.7. The summed E-state index contributed by atoms with van der Waals surface area (Å²) in [5.41, 5.74) is 1.65. The van der Waals surface area contributed by atoms with E-state index in [0.717, 1.165) is 32.8 Å². The fourth-order valence-electron chi connectivity index (χ4n) is 2.88. The predicted octanol–water partition coefficient (Wildman–Crippen LogP) is 3.97. The minimum atomic E-state index is 0.0526. The number of amides is 1. The summed E-state index contributed by atoms with van der Waals surface area (Å²) < 4.78 is 1.03. The van der Waals surface area contributed by atoms with Gasteiger partial charge in [0.15, 0.2) is 11.6 Å². The first-order valence-corrected chi connectivity index (χ1v) is 10.1. The van der Waals surface area contributed by atoms with E-state index in [1.807, 2.05) is 55.6 Å². The summed E-state index contributed by atoms with van der Waals surface area (Å²) in [6.45, 7) is 1.37. The van der Waals surface area contributed by atoms with Gasteiger partial charge in [0.25, 0.3) is 0 Å². The molecule has 2 heterocycles. The second kappa shape index (κ2) is 7.25. The molecule has 1 aromatic heterocycles. The Morgan fingerprint density at radius 3 is 2.38 bits per heavy atom. The standard InChI is InChI=1S/C19H17BrN4OS/c1-23-10-11-24(17(25)12-26-14-8-6-13(20)7-9-14)19-18(23)21-15-4-2-3-5-16(15)22-19/h2-9H,10-12H2,1H3. The SMILES string of the molecule is CN1CCN(C(=O)CSc2ccc(Br)cc2)c2nc3ccccc3nc21. The molecule has 0 radical (unpaired) electrons. The largest absolute Gasteiger partial charge is 0.355 e. The van der Waals surface area contributed by atoms with Crippen molar-refractivity contribution in [2.24, 2.45) is 0 Å². The van der Waals surface area contributed by atoms with Gasteiger partial charge in [0.1, 0.15) is 0 Å². The Kier molecular flexibility index (Phi) is 4.82. The van der Waals surface area contributed by atoms with Gasteiger partial charge < -0.3 is 4.90 Å². The van der Waals surface area contributed by atoms with Crippen molar-refractivity contribution in [2.75, 3.05) is 35.7 Å². The maximum absolute atomic E-state index is 12.9. The van der Waals surface area contributed by atoms with Crippen molar-refractivity contribution in [3.63, 3.8) is 0 Å². The highest BCUT2D eigenvalue weighted by atomic mass is 79.9. The number of halogens is 1. The lowest BCUT2D eigenvalue weighted by molar-refractivity contribution is -0.116. The van der Waals surface area contributed by atoms with Crippen molar-refractivity contribution in [1.82, 2.24) is 9.97 Å². The minimum absolute atomic E-state index is 0.0526. The van der Waals surface area contributed by atoms with Gasteiger partial charge in [-0.05, 0) is 36.4 Å². The van der Waals surface area contributed by atoms with Crippen molar-refractivity contribution in [3.8, 4) is 0 Å². The van der Waals surface area contributed by atoms with Crippen LogP contribution in [0, 0.1) is 0 Å². The Labute approximate surface area is 164 Å². The normalized spacial score (nSPS) is 13.8. The molecule has 1 aliphatic rings. The van der Waals surface area contributed by atoms with Crippen molar-refractivity contribution in [1.29, 1.82) is 0 Å². The average molecular weight is 429 g/mol. The van der Waals surface area contributed by atoms with Crippen LogP contribution in [0.25, 0.3) is 11.0 Å².